The van der Waals surface area contributed by atoms with E-state index in [1.807, 2.05) is 35.9 Å². The molecule has 0 atom stereocenters. The molecule has 0 unspecified atom stereocenters. The van der Waals surface area contributed by atoms with Crippen LogP contribution in [0, 0.1) is 6.92 Å². The van der Waals surface area contributed by atoms with Crippen molar-refractivity contribution in [2.75, 3.05) is 11.6 Å². The summed E-state index contributed by atoms with van der Waals surface area (Å²) in [6.45, 7) is 2.07. The molecule has 1 amide bonds. The standard InChI is InChI=1S/C16H14N2OS3/c1-10-7-8-14(22-10)12-9-21-16(17-12)18-15(19)11-5-3-4-6-13(11)20-2/h3-9H,1-2H3,(H,17,18,19). The van der Waals surface area contributed by atoms with Crippen molar-refractivity contribution < 1.29 is 4.79 Å². The highest BCUT2D eigenvalue weighted by molar-refractivity contribution is 7.98. The van der Waals surface area contributed by atoms with E-state index in [0.29, 0.717) is 10.7 Å². The second-order valence-electron chi connectivity index (χ2n) is 4.60. The van der Waals surface area contributed by atoms with Crippen LogP contribution in [0.4, 0.5) is 5.13 Å². The lowest BCUT2D eigenvalue weighted by molar-refractivity contribution is 0.102. The molecular formula is C16H14N2OS3. The zero-order valence-corrected chi connectivity index (χ0v) is 14.6. The van der Waals surface area contributed by atoms with Crippen LogP contribution >= 0.6 is 34.4 Å². The first-order chi connectivity index (χ1) is 10.7. The first-order valence-corrected chi connectivity index (χ1v) is 9.56. The van der Waals surface area contributed by atoms with E-state index in [4.69, 9.17) is 0 Å². The highest BCUT2D eigenvalue weighted by Crippen LogP contribution is 2.30. The summed E-state index contributed by atoms with van der Waals surface area (Å²) in [4.78, 5) is 20.2. The predicted molar refractivity (Wildman–Crippen MR) is 96.3 cm³/mol. The van der Waals surface area contributed by atoms with E-state index < -0.39 is 0 Å². The Bertz CT molecular complexity index is 807. The molecule has 6 heteroatoms. The summed E-state index contributed by atoms with van der Waals surface area (Å²) in [6.07, 6.45) is 1.97. The van der Waals surface area contributed by atoms with Gasteiger partial charge in [-0.25, -0.2) is 4.98 Å². The van der Waals surface area contributed by atoms with Crippen LogP contribution in [0.1, 0.15) is 15.2 Å². The van der Waals surface area contributed by atoms with Crippen LogP contribution in [-0.2, 0) is 0 Å². The minimum Gasteiger partial charge on any atom is -0.298 e. The summed E-state index contributed by atoms with van der Waals surface area (Å²) in [6, 6.07) is 11.7. The number of thioether (sulfide) groups is 1. The van der Waals surface area contributed by atoms with Gasteiger partial charge in [0, 0.05) is 15.2 Å². The molecule has 22 heavy (non-hydrogen) atoms. The Hall–Kier alpha value is -1.63. The molecule has 0 aliphatic heterocycles. The third-order valence-electron chi connectivity index (χ3n) is 3.07. The van der Waals surface area contributed by atoms with Gasteiger partial charge in [0.15, 0.2) is 5.13 Å². The average Bonchev–Trinajstić information content (AvgIpc) is 3.16. The first kappa shape index (κ1) is 15.3. The van der Waals surface area contributed by atoms with Gasteiger partial charge in [-0.05, 0) is 37.4 Å². The van der Waals surface area contributed by atoms with E-state index in [1.54, 1.807) is 23.1 Å². The molecule has 2 aromatic heterocycles. The van der Waals surface area contributed by atoms with Gasteiger partial charge in [-0.2, -0.15) is 0 Å². The van der Waals surface area contributed by atoms with E-state index in [2.05, 4.69) is 29.4 Å². The molecule has 0 bridgehead atoms. The fourth-order valence-corrected chi connectivity index (χ4v) is 4.22. The Morgan fingerprint density at radius 2 is 2.05 bits per heavy atom. The number of aromatic nitrogens is 1. The summed E-state index contributed by atoms with van der Waals surface area (Å²) in [5.41, 5.74) is 1.59. The van der Waals surface area contributed by atoms with Gasteiger partial charge in [0.1, 0.15) is 0 Å². The van der Waals surface area contributed by atoms with Gasteiger partial charge in [-0.1, -0.05) is 12.1 Å². The number of carbonyl (C=O) groups excluding carboxylic acids is 1. The molecule has 0 saturated carbocycles. The molecule has 0 aliphatic rings. The van der Waals surface area contributed by atoms with Crippen molar-refractivity contribution in [2.45, 2.75) is 11.8 Å². The number of rotatable bonds is 4. The summed E-state index contributed by atoms with van der Waals surface area (Å²) in [7, 11) is 0. The van der Waals surface area contributed by atoms with Crippen molar-refractivity contribution >= 4 is 45.5 Å². The molecule has 1 aromatic carbocycles. The normalized spacial score (nSPS) is 10.6. The second-order valence-corrected chi connectivity index (χ2v) is 7.60. The lowest BCUT2D eigenvalue weighted by Crippen LogP contribution is -2.12. The molecule has 112 valence electrons. The smallest absolute Gasteiger partial charge is 0.258 e. The van der Waals surface area contributed by atoms with Gasteiger partial charge < -0.3 is 0 Å². The average molecular weight is 347 g/mol. The maximum absolute atomic E-state index is 12.4. The summed E-state index contributed by atoms with van der Waals surface area (Å²) in [5, 5.41) is 5.49. The first-order valence-electron chi connectivity index (χ1n) is 6.64. The van der Waals surface area contributed by atoms with Crippen LogP contribution in [0.2, 0.25) is 0 Å². The highest BCUT2D eigenvalue weighted by Gasteiger charge is 2.13. The van der Waals surface area contributed by atoms with Crippen LogP contribution < -0.4 is 5.32 Å². The Balaban J connectivity index is 1.79. The molecule has 0 fully saturated rings. The van der Waals surface area contributed by atoms with Crippen LogP contribution in [-0.4, -0.2) is 17.1 Å². The van der Waals surface area contributed by atoms with E-state index in [1.165, 1.54) is 16.2 Å². The monoisotopic (exact) mass is 346 g/mol. The van der Waals surface area contributed by atoms with Crippen LogP contribution in [0.25, 0.3) is 10.6 Å². The summed E-state index contributed by atoms with van der Waals surface area (Å²) >= 11 is 4.71. The number of thiazole rings is 1. The molecule has 0 saturated heterocycles. The minimum atomic E-state index is -0.117. The van der Waals surface area contributed by atoms with Crippen molar-refractivity contribution in [3.8, 4) is 10.6 Å². The molecule has 0 aliphatic carbocycles. The van der Waals surface area contributed by atoms with Crippen molar-refractivity contribution in [1.29, 1.82) is 0 Å². The Kier molecular flexibility index (Phi) is 4.61. The third kappa shape index (κ3) is 3.24. The number of carbonyl (C=O) groups is 1. The zero-order valence-electron chi connectivity index (χ0n) is 12.1. The number of anilines is 1. The summed E-state index contributed by atoms with van der Waals surface area (Å²) < 4.78 is 0. The number of thiophene rings is 1. The molecule has 1 N–H and O–H groups in total. The Morgan fingerprint density at radius 3 is 2.77 bits per heavy atom. The van der Waals surface area contributed by atoms with Gasteiger partial charge in [0.05, 0.1) is 16.1 Å². The highest BCUT2D eigenvalue weighted by atomic mass is 32.2. The van der Waals surface area contributed by atoms with E-state index in [9.17, 15) is 4.79 Å². The molecule has 2 heterocycles. The fourth-order valence-electron chi connectivity index (χ4n) is 2.01. The van der Waals surface area contributed by atoms with Crippen LogP contribution in [0.5, 0.6) is 0 Å². The van der Waals surface area contributed by atoms with Gasteiger partial charge in [-0.3, -0.25) is 10.1 Å². The topological polar surface area (TPSA) is 42.0 Å². The quantitative estimate of drug-likeness (QED) is 0.664. The number of benzene rings is 1. The van der Waals surface area contributed by atoms with Gasteiger partial charge in [0.25, 0.3) is 5.91 Å². The molecule has 3 rings (SSSR count). The van der Waals surface area contributed by atoms with Crippen molar-refractivity contribution in [3.63, 3.8) is 0 Å². The molecule has 0 radical (unpaired) electrons. The number of hydrogen-bond acceptors (Lipinski definition) is 5. The van der Waals surface area contributed by atoms with Gasteiger partial charge >= 0.3 is 0 Å². The van der Waals surface area contributed by atoms with Crippen molar-refractivity contribution in [1.82, 2.24) is 4.98 Å². The maximum atomic E-state index is 12.4. The lowest BCUT2D eigenvalue weighted by Gasteiger charge is -2.06. The van der Waals surface area contributed by atoms with E-state index in [0.717, 1.165) is 15.5 Å². The maximum Gasteiger partial charge on any atom is 0.258 e. The van der Waals surface area contributed by atoms with Crippen molar-refractivity contribution in [3.05, 3.63) is 52.2 Å². The molecule has 3 aromatic rings. The van der Waals surface area contributed by atoms with E-state index in [-0.39, 0.29) is 5.91 Å². The minimum absolute atomic E-state index is 0.117. The predicted octanol–water partition coefficient (Wildman–Crippen LogP) is 5.15. The van der Waals surface area contributed by atoms with Crippen LogP contribution in [0.3, 0.4) is 0 Å². The third-order valence-corrected chi connectivity index (χ3v) is 5.65. The molecule has 0 spiro atoms. The molecular weight excluding hydrogens is 332 g/mol. The lowest BCUT2D eigenvalue weighted by atomic mass is 10.2. The zero-order chi connectivity index (χ0) is 15.5. The Labute approximate surface area is 141 Å². The number of nitrogens with one attached hydrogen (secondary N) is 1. The molecule has 3 nitrogen and oxygen atoms in total. The van der Waals surface area contributed by atoms with Crippen molar-refractivity contribution in [2.24, 2.45) is 0 Å². The number of nitrogens with zero attached hydrogens (tertiary/aromatic N) is 1. The van der Waals surface area contributed by atoms with Gasteiger partial charge in [-0.15, -0.1) is 34.4 Å². The Morgan fingerprint density at radius 1 is 1.23 bits per heavy atom. The second kappa shape index (κ2) is 6.64. The number of amides is 1. The fraction of sp³-hybridized carbons (Fsp3) is 0.125. The summed E-state index contributed by atoms with van der Waals surface area (Å²) in [5.74, 6) is -0.117. The van der Waals surface area contributed by atoms with Gasteiger partial charge in [0.2, 0.25) is 0 Å². The SMILES string of the molecule is CSc1ccccc1C(=O)Nc1nc(-c2ccc(C)s2)cs1. The number of hydrogen-bond donors (Lipinski definition) is 1. The largest absolute Gasteiger partial charge is 0.298 e. The van der Waals surface area contributed by atoms with E-state index >= 15 is 0 Å². The number of aryl methyl sites for hydroxylation is 1. The van der Waals surface area contributed by atoms with Crippen LogP contribution in [0.15, 0.2) is 46.7 Å².